The number of nitrogens with zero attached hydrogens (tertiary/aromatic N) is 2. The number of rotatable bonds is 26. The van der Waals surface area contributed by atoms with Crippen LogP contribution in [0.1, 0.15) is 71.3 Å². The van der Waals surface area contributed by atoms with Crippen molar-refractivity contribution >= 4 is 44.3 Å². The van der Waals surface area contributed by atoms with Gasteiger partial charge in [-0.05, 0) is 69.3 Å². The van der Waals surface area contributed by atoms with Crippen molar-refractivity contribution in [3.8, 4) is 0 Å². The zero-order valence-electron chi connectivity index (χ0n) is 30.6. The van der Waals surface area contributed by atoms with Gasteiger partial charge >= 0.3 is 6.03 Å². The monoisotopic (exact) mass is 717 g/mol. The number of primary amides is 1. The van der Waals surface area contributed by atoms with Crippen molar-refractivity contribution in [2.75, 3.05) is 45.6 Å². The molecule has 0 spiro atoms. The number of carbonyl (C=O) groups excluding carboxylic acids is 5. The predicted molar refractivity (Wildman–Crippen MR) is 202 cm³/mol. The minimum Gasteiger partial charge on any atom is -0.475 e. The van der Waals surface area contributed by atoms with Crippen LogP contribution in [0.15, 0.2) is 48.7 Å². The molecule has 0 bridgehead atoms. The lowest BCUT2D eigenvalue weighted by molar-refractivity contribution is -0.134. The molecular weight excluding hydrogens is 657 g/mol. The molecule has 13 nitrogen and oxygen atoms in total. The molecule has 0 saturated carbocycles. The lowest BCUT2D eigenvalue weighted by atomic mass is 9.88. The molecule has 1 aromatic rings. The summed E-state index contributed by atoms with van der Waals surface area (Å²) in [6.07, 6.45) is 2.57. The summed E-state index contributed by atoms with van der Waals surface area (Å²) in [6.45, 7) is 15.5. The Balaban J connectivity index is 2.96. The number of benzene rings is 1. The van der Waals surface area contributed by atoms with Crippen LogP contribution in [0.3, 0.4) is 0 Å². The summed E-state index contributed by atoms with van der Waals surface area (Å²) in [5.74, 6) is -2.14. The summed E-state index contributed by atoms with van der Waals surface area (Å²) in [7, 11) is 6.43. The number of anilines is 1. The van der Waals surface area contributed by atoms with E-state index in [9.17, 15) is 24.0 Å². The van der Waals surface area contributed by atoms with Crippen molar-refractivity contribution in [1.29, 1.82) is 0 Å². The molecule has 0 saturated heterocycles. The van der Waals surface area contributed by atoms with Gasteiger partial charge in [-0.1, -0.05) is 48.2 Å². The van der Waals surface area contributed by atoms with Crippen LogP contribution in [0.4, 0.5) is 10.5 Å². The van der Waals surface area contributed by atoms with Gasteiger partial charge in [0.25, 0.3) is 0 Å². The normalized spacial score (nSPS) is 12.6. The second kappa shape index (κ2) is 23.4. The van der Waals surface area contributed by atoms with E-state index in [1.807, 2.05) is 49.9 Å². The van der Waals surface area contributed by atoms with E-state index in [0.29, 0.717) is 50.3 Å². The quantitative estimate of drug-likeness (QED) is 0.0541. The highest BCUT2D eigenvalue weighted by atomic mass is 31.0. The van der Waals surface area contributed by atoms with Gasteiger partial charge in [0, 0.05) is 69.5 Å². The first-order valence-electron chi connectivity index (χ1n) is 17.2. The summed E-state index contributed by atoms with van der Waals surface area (Å²) in [5.41, 5.74) is 13.1. The molecule has 0 heterocycles. The first-order valence-corrected chi connectivity index (χ1v) is 17.8. The maximum atomic E-state index is 13.7. The Hall–Kier alpha value is -3.96. The molecule has 4 atom stereocenters. The molecule has 4 amide bonds. The smallest absolute Gasteiger partial charge is 0.312 e. The molecule has 1 aromatic carbocycles. The molecular formula is C36H60N7O6P. The maximum absolute atomic E-state index is 13.7. The van der Waals surface area contributed by atoms with E-state index in [-0.39, 0.29) is 55.3 Å². The van der Waals surface area contributed by atoms with Crippen LogP contribution in [0.5, 0.6) is 0 Å². The minimum atomic E-state index is -0.843. The predicted octanol–water partition coefficient (Wildman–Crippen LogP) is 3.71. The number of nitrogens with one attached hydrogen (secondary N) is 3. The van der Waals surface area contributed by atoms with Gasteiger partial charge in [0.15, 0.2) is 11.7 Å². The molecule has 0 aliphatic heterocycles. The summed E-state index contributed by atoms with van der Waals surface area (Å²) in [5, 5.41) is 8.28. The van der Waals surface area contributed by atoms with Gasteiger partial charge < -0.3 is 46.7 Å². The molecule has 50 heavy (non-hydrogen) atoms. The zero-order chi connectivity index (χ0) is 37.8. The van der Waals surface area contributed by atoms with E-state index in [2.05, 4.69) is 38.3 Å². The molecule has 7 N–H and O–H groups in total. The Kier molecular flexibility index (Phi) is 20.7. The molecule has 0 aromatic heterocycles. The van der Waals surface area contributed by atoms with Crippen LogP contribution in [0.2, 0.25) is 0 Å². The van der Waals surface area contributed by atoms with Crippen molar-refractivity contribution in [1.82, 2.24) is 20.4 Å². The summed E-state index contributed by atoms with van der Waals surface area (Å²) >= 11 is 0. The highest BCUT2D eigenvalue weighted by molar-refractivity contribution is 7.22. The Morgan fingerprint density at radius 3 is 2.06 bits per heavy atom. The number of carbonyl (C=O) groups is 5. The first kappa shape index (κ1) is 44.1. The van der Waals surface area contributed by atoms with Crippen LogP contribution in [0, 0.1) is 17.8 Å². The standard InChI is InChI=1S/C36H60N7O6P/c1-24(2)33(41-35(47)29(21-25(3)44)11-8-9-17-37)32(45)22-30(12-10-18-39-36(38)48)34(46)40-31-15-13-28(14-16-31)23-49-26(4)42(6)19-20-43(7)27(5)50/h13-16,24,29-30,33H,4-5,8-12,17-23,37,50H2,1-3,6-7H3,(H,40,46)(H,41,47)(H3,38,39,48)/t29-,30-,33+/m1/s1. The summed E-state index contributed by atoms with van der Waals surface area (Å²) < 4.78 is 5.85. The summed E-state index contributed by atoms with van der Waals surface area (Å²) in [6, 6.07) is 5.66. The molecule has 1 rings (SSSR count). The number of likely N-dealkylation sites (N-methyl/N-ethyl adjacent to an activating group) is 2. The van der Waals surface area contributed by atoms with Gasteiger partial charge in [0.2, 0.25) is 11.8 Å². The van der Waals surface area contributed by atoms with Gasteiger partial charge in [0.05, 0.1) is 6.04 Å². The summed E-state index contributed by atoms with van der Waals surface area (Å²) in [4.78, 5) is 67.4. The van der Waals surface area contributed by atoms with Crippen LogP contribution in [-0.2, 0) is 30.5 Å². The number of unbranched alkanes of at least 4 members (excludes halogenated alkanes) is 1. The number of ether oxygens (including phenoxy) is 1. The first-order chi connectivity index (χ1) is 23.5. The Bertz CT molecular complexity index is 1290. The zero-order valence-corrected chi connectivity index (χ0v) is 31.7. The van der Waals surface area contributed by atoms with Crippen LogP contribution >= 0.6 is 9.24 Å². The van der Waals surface area contributed by atoms with E-state index in [4.69, 9.17) is 16.2 Å². The lowest BCUT2D eigenvalue weighted by Gasteiger charge is -2.26. The van der Waals surface area contributed by atoms with Crippen LogP contribution in [0.25, 0.3) is 0 Å². The Labute approximate surface area is 300 Å². The largest absolute Gasteiger partial charge is 0.475 e. The van der Waals surface area contributed by atoms with Crippen molar-refractivity contribution in [3.05, 3.63) is 54.3 Å². The molecule has 0 fully saturated rings. The number of Topliss-reactive ketones (excluding diaryl/α,β-unsaturated/α-hetero) is 2. The molecule has 14 heteroatoms. The van der Waals surface area contributed by atoms with Crippen molar-refractivity contribution < 1.29 is 28.7 Å². The van der Waals surface area contributed by atoms with Crippen LogP contribution in [-0.4, -0.2) is 85.5 Å². The fourth-order valence-corrected chi connectivity index (χ4v) is 5.26. The number of nitrogens with two attached hydrogens (primary N) is 2. The molecule has 0 aliphatic carbocycles. The topological polar surface area (TPSA) is 189 Å². The van der Waals surface area contributed by atoms with Gasteiger partial charge in [-0.15, -0.1) is 0 Å². The molecule has 1 unspecified atom stereocenters. The highest BCUT2D eigenvalue weighted by Gasteiger charge is 2.31. The minimum absolute atomic E-state index is 0.0804. The third-order valence-electron chi connectivity index (χ3n) is 8.38. The lowest BCUT2D eigenvalue weighted by Crippen LogP contribution is -2.48. The van der Waals surface area contributed by atoms with E-state index in [1.165, 1.54) is 6.92 Å². The van der Waals surface area contributed by atoms with E-state index in [1.54, 1.807) is 12.1 Å². The number of ketones is 2. The second-order valence-corrected chi connectivity index (χ2v) is 13.8. The molecule has 0 radical (unpaired) electrons. The average Bonchev–Trinajstić information content (AvgIpc) is 3.05. The SMILES string of the molecule is C=C(P)N(C)CCN(C)C(=C)OCc1ccc(NC(=O)[C@H](CCCNC(N)=O)CC(=O)[C@@H](NC(=O)[C@H](CCCCN)CC(C)=O)C(C)C)cc1. The Morgan fingerprint density at radius 1 is 0.900 bits per heavy atom. The third-order valence-corrected chi connectivity index (χ3v) is 8.82. The fourth-order valence-electron chi connectivity index (χ4n) is 5.13. The van der Waals surface area contributed by atoms with Crippen molar-refractivity contribution in [2.45, 2.75) is 78.4 Å². The Morgan fingerprint density at radius 2 is 1.50 bits per heavy atom. The third kappa shape index (κ3) is 17.6. The van der Waals surface area contributed by atoms with E-state index < -0.39 is 23.9 Å². The van der Waals surface area contributed by atoms with Gasteiger partial charge in [0.1, 0.15) is 12.4 Å². The van der Waals surface area contributed by atoms with Crippen molar-refractivity contribution in [2.24, 2.45) is 29.2 Å². The van der Waals surface area contributed by atoms with Crippen molar-refractivity contribution in [3.63, 3.8) is 0 Å². The van der Waals surface area contributed by atoms with E-state index >= 15 is 0 Å². The second-order valence-electron chi connectivity index (χ2n) is 13.1. The van der Waals surface area contributed by atoms with Gasteiger partial charge in [-0.25, -0.2) is 4.79 Å². The average molecular weight is 718 g/mol. The fraction of sp³-hybridized carbons (Fsp3) is 0.583. The van der Waals surface area contributed by atoms with Crippen LogP contribution < -0.4 is 27.4 Å². The number of hydrogen-bond acceptors (Lipinski definition) is 9. The van der Waals surface area contributed by atoms with Gasteiger partial charge in [-0.2, -0.15) is 0 Å². The number of hydrogen-bond donors (Lipinski definition) is 5. The molecule has 280 valence electrons. The molecule has 0 aliphatic rings. The van der Waals surface area contributed by atoms with E-state index in [0.717, 1.165) is 24.0 Å². The maximum Gasteiger partial charge on any atom is 0.312 e. The number of amides is 4. The highest BCUT2D eigenvalue weighted by Crippen LogP contribution is 2.21. The van der Waals surface area contributed by atoms with Gasteiger partial charge in [-0.3, -0.25) is 14.4 Å². The number of urea groups is 1.